The lowest BCUT2D eigenvalue weighted by atomic mass is 10.1. The van der Waals surface area contributed by atoms with Crippen LogP contribution in [-0.4, -0.2) is 37.4 Å². The highest BCUT2D eigenvalue weighted by atomic mass is 19.1. The molecule has 1 amide bonds. The first-order valence-corrected chi connectivity index (χ1v) is 7.83. The largest absolute Gasteiger partial charge is 0.496 e. The van der Waals surface area contributed by atoms with Crippen molar-refractivity contribution < 1.29 is 28.2 Å². The minimum atomic E-state index is -1.06. The quantitative estimate of drug-likeness (QED) is 0.606. The van der Waals surface area contributed by atoms with Crippen molar-refractivity contribution in [2.75, 3.05) is 13.7 Å². The molecule has 0 unspecified atom stereocenters. The van der Waals surface area contributed by atoms with Gasteiger partial charge in [0.05, 0.1) is 12.7 Å². The van der Waals surface area contributed by atoms with Gasteiger partial charge in [0.15, 0.2) is 6.10 Å². The highest BCUT2D eigenvalue weighted by Gasteiger charge is 2.20. The lowest BCUT2D eigenvalue weighted by Gasteiger charge is -2.13. The van der Waals surface area contributed by atoms with E-state index in [0.29, 0.717) is 5.75 Å². The van der Waals surface area contributed by atoms with Gasteiger partial charge in [-0.15, -0.1) is 0 Å². The highest BCUT2D eigenvalue weighted by Crippen LogP contribution is 2.16. The second kappa shape index (κ2) is 8.75. The number of ketones is 1. The van der Waals surface area contributed by atoms with E-state index < -0.39 is 36.1 Å². The van der Waals surface area contributed by atoms with Crippen LogP contribution < -0.4 is 10.1 Å². The average molecular weight is 359 g/mol. The fraction of sp³-hybridized carbons (Fsp3) is 0.211. The number of ether oxygens (including phenoxy) is 2. The number of amides is 1. The molecule has 6 nitrogen and oxygen atoms in total. The van der Waals surface area contributed by atoms with Crippen LogP contribution in [0.1, 0.15) is 27.6 Å². The molecule has 1 N–H and O–H groups in total. The van der Waals surface area contributed by atoms with Gasteiger partial charge in [0, 0.05) is 5.56 Å². The molecule has 0 aliphatic rings. The number of hydrogen-bond donors (Lipinski definition) is 1. The van der Waals surface area contributed by atoms with Crippen LogP contribution in [0.5, 0.6) is 5.75 Å². The van der Waals surface area contributed by atoms with E-state index in [4.69, 9.17) is 9.47 Å². The van der Waals surface area contributed by atoms with E-state index in [9.17, 15) is 18.8 Å². The summed E-state index contributed by atoms with van der Waals surface area (Å²) in [6.45, 7) is 1.00. The fourth-order valence-corrected chi connectivity index (χ4v) is 2.22. The Kier molecular flexibility index (Phi) is 6.43. The number of nitrogens with one attached hydrogen (secondary N) is 1. The first-order chi connectivity index (χ1) is 12.4. The van der Waals surface area contributed by atoms with E-state index in [1.807, 2.05) is 0 Å². The molecule has 0 aromatic heterocycles. The van der Waals surface area contributed by atoms with Crippen LogP contribution in [0.2, 0.25) is 0 Å². The summed E-state index contributed by atoms with van der Waals surface area (Å²) in [7, 11) is 1.43. The SMILES string of the molecule is COc1ccccc1C(=O)NCC(=O)O[C@@H](C)C(=O)c1ccc(F)cc1. The Morgan fingerprint density at radius 1 is 1.08 bits per heavy atom. The van der Waals surface area contributed by atoms with Gasteiger partial charge in [-0.1, -0.05) is 12.1 Å². The molecule has 2 rings (SSSR count). The van der Waals surface area contributed by atoms with Crippen LogP contribution in [0, 0.1) is 5.82 Å². The summed E-state index contributed by atoms with van der Waals surface area (Å²) < 4.78 is 23.0. The number of rotatable bonds is 7. The van der Waals surface area contributed by atoms with Crippen LogP contribution in [0.25, 0.3) is 0 Å². The molecule has 136 valence electrons. The number of benzene rings is 2. The molecule has 0 bridgehead atoms. The maximum atomic E-state index is 12.9. The van der Waals surface area contributed by atoms with Gasteiger partial charge in [-0.2, -0.15) is 0 Å². The molecule has 0 spiro atoms. The van der Waals surface area contributed by atoms with E-state index >= 15 is 0 Å². The van der Waals surface area contributed by atoms with Crippen molar-refractivity contribution in [3.8, 4) is 5.75 Å². The number of halogens is 1. The van der Waals surface area contributed by atoms with Gasteiger partial charge < -0.3 is 14.8 Å². The fourth-order valence-electron chi connectivity index (χ4n) is 2.22. The second-order valence-electron chi connectivity index (χ2n) is 5.39. The number of Topliss-reactive ketones (excluding diaryl/α,β-unsaturated/α-hetero) is 1. The molecule has 2 aromatic carbocycles. The third-order valence-electron chi connectivity index (χ3n) is 3.55. The third kappa shape index (κ3) is 4.89. The van der Waals surface area contributed by atoms with E-state index in [-0.39, 0.29) is 11.1 Å². The van der Waals surface area contributed by atoms with Crippen LogP contribution in [0.15, 0.2) is 48.5 Å². The standard InChI is InChI=1S/C19H18FNO5/c1-12(18(23)13-7-9-14(20)10-8-13)26-17(22)11-21-19(24)15-5-3-4-6-16(15)25-2/h3-10,12H,11H2,1-2H3,(H,21,24)/t12-/m0/s1. The highest BCUT2D eigenvalue weighted by molar-refractivity contribution is 6.01. The minimum Gasteiger partial charge on any atom is -0.496 e. The smallest absolute Gasteiger partial charge is 0.326 e. The molecule has 26 heavy (non-hydrogen) atoms. The van der Waals surface area contributed by atoms with Gasteiger partial charge >= 0.3 is 5.97 Å². The van der Waals surface area contributed by atoms with Gasteiger partial charge in [-0.25, -0.2) is 4.39 Å². The summed E-state index contributed by atoms with van der Waals surface area (Å²) in [4.78, 5) is 36.1. The van der Waals surface area contributed by atoms with Crippen molar-refractivity contribution in [3.63, 3.8) is 0 Å². The molecule has 2 aromatic rings. The van der Waals surface area contributed by atoms with E-state index in [1.54, 1.807) is 24.3 Å². The maximum absolute atomic E-state index is 12.9. The molecule has 0 aliphatic heterocycles. The van der Waals surface area contributed by atoms with Crippen LogP contribution in [-0.2, 0) is 9.53 Å². The van der Waals surface area contributed by atoms with Gasteiger partial charge in [0.2, 0.25) is 5.78 Å². The zero-order valence-corrected chi connectivity index (χ0v) is 14.3. The first kappa shape index (κ1) is 19.1. The van der Waals surface area contributed by atoms with Crippen LogP contribution >= 0.6 is 0 Å². The lowest BCUT2D eigenvalue weighted by Crippen LogP contribution is -2.34. The molecule has 1 atom stereocenters. The van der Waals surface area contributed by atoms with Crippen molar-refractivity contribution in [2.45, 2.75) is 13.0 Å². The summed E-state index contributed by atoms with van der Waals surface area (Å²) in [5.74, 6) is -1.83. The van der Waals surface area contributed by atoms with Crippen LogP contribution in [0.4, 0.5) is 4.39 Å². The molecule has 0 saturated heterocycles. The first-order valence-electron chi connectivity index (χ1n) is 7.83. The Morgan fingerprint density at radius 3 is 2.38 bits per heavy atom. The molecule has 0 saturated carbocycles. The molecule has 0 heterocycles. The number of methoxy groups -OCH3 is 1. The van der Waals surface area contributed by atoms with Gasteiger partial charge in [0.1, 0.15) is 18.1 Å². The van der Waals surface area contributed by atoms with Crippen molar-refractivity contribution in [1.29, 1.82) is 0 Å². The van der Waals surface area contributed by atoms with E-state index in [1.165, 1.54) is 26.2 Å². The second-order valence-corrected chi connectivity index (χ2v) is 5.39. The molecular weight excluding hydrogens is 341 g/mol. The molecule has 7 heteroatoms. The normalized spacial score (nSPS) is 11.3. The van der Waals surface area contributed by atoms with E-state index in [0.717, 1.165) is 12.1 Å². The summed E-state index contributed by atoms with van der Waals surface area (Å²) in [6, 6.07) is 11.5. The molecular formula is C19H18FNO5. The minimum absolute atomic E-state index is 0.227. The van der Waals surface area contributed by atoms with Gasteiger partial charge in [0.25, 0.3) is 5.91 Å². The summed E-state index contributed by atoms with van der Waals surface area (Å²) >= 11 is 0. The number of para-hydroxylation sites is 1. The van der Waals surface area contributed by atoms with Crippen molar-refractivity contribution in [3.05, 3.63) is 65.5 Å². The molecule has 0 fully saturated rings. The molecule has 0 radical (unpaired) electrons. The predicted molar refractivity (Wildman–Crippen MR) is 91.6 cm³/mol. The van der Waals surface area contributed by atoms with Gasteiger partial charge in [-0.3, -0.25) is 14.4 Å². The van der Waals surface area contributed by atoms with Gasteiger partial charge in [-0.05, 0) is 43.3 Å². The Bertz CT molecular complexity index is 804. The predicted octanol–water partition coefficient (Wildman–Crippen LogP) is 2.38. The Labute approximate surface area is 149 Å². The number of carbonyl (C=O) groups is 3. The molecule has 0 aliphatic carbocycles. The third-order valence-corrected chi connectivity index (χ3v) is 3.55. The zero-order chi connectivity index (χ0) is 19.1. The number of esters is 1. The summed E-state index contributed by atoms with van der Waals surface area (Å²) in [5, 5.41) is 2.41. The lowest BCUT2D eigenvalue weighted by molar-refractivity contribution is -0.145. The van der Waals surface area contributed by atoms with Crippen LogP contribution in [0.3, 0.4) is 0 Å². The number of hydrogen-bond acceptors (Lipinski definition) is 5. The zero-order valence-electron chi connectivity index (χ0n) is 14.3. The Morgan fingerprint density at radius 2 is 1.73 bits per heavy atom. The summed E-state index contributed by atoms with van der Waals surface area (Å²) in [5.41, 5.74) is 0.503. The van der Waals surface area contributed by atoms with Crippen molar-refractivity contribution in [2.24, 2.45) is 0 Å². The monoisotopic (exact) mass is 359 g/mol. The summed E-state index contributed by atoms with van der Waals surface area (Å²) in [6.07, 6.45) is -1.06. The number of carbonyl (C=O) groups excluding carboxylic acids is 3. The van der Waals surface area contributed by atoms with Crippen molar-refractivity contribution >= 4 is 17.7 Å². The Balaban J connectivity index is 1.89. The average Bonchev–Trinajstić information content (AvgIpc) is 2.66. The maximum Gasteiger partial charge on any atom is 0.326 e. The topological polar surface area (TPSA) is 81.7 Å². The van der Waals surface area contributed by atoms with E-state index in [2.05, 4.69) is 5.32 Å². The van der Waals surface area contributed by atoms with Crippen molar-refractivity contribution in [1.82, 2.24) is 5.32 Å². The Hall–Kier alpha value is -3.22.